The number of carbonyl (C=O) groups is 2. The van der Waals surface area contributed by atoms with E-state index in [1.807, 2.05) is 0 Å². The topological polar surface area (TPSA) is 46.6 Å². The van der Waals surface area contributed by atoms with Gasteiger partial charge in [-0.15, -0.1) is 0 Å². The maximum atomic E-state index is 12.5. The summed E-state index contributed by atoms with van der Waals surface area (Å²) in [6.07, 6.45) is 6.12. The Morgan fingerprint density at radius 3 is 2.87 bits per heavy atom. The standard InChI is InChI=1S/C17H19Cl2NO3/c1-23-16(22)11-13-6-2-3-10-20(13)15(21)9-8-12-5-4-7-14(18)17(12)19/h4-5,7-9,13H,2-3,6,10-11H2,1H3/b9-8-/t13-/m0/s1. The van der Waals surface area contributed by atoms with E-state index in [9.17, 15) is 9.59 Å². The molecule has 1 aliphatic heterocycles. The molecule has 0 radical (unpaired) electrons. The van der Waals surface area contributed by atoms with Gasteiger partial charge in [0, 0.05) is 18.7 Å². The molecule has 0 N–H and O–H groups in total. The molecule has 4 nitrogen and oxygen atoms in total. The van der Waals surface area contributed by atoms with Crippen LogP contribution in [-0.2, 0) is 14.3 Å². The van der Waals surface area contributed by atoms with Crippen molar-refractivity contribution in [3.63, 3.8) is 0 Å². The summed E-state index contributed by atoms with van der Waals surface area (Å²) in [6.45, 7) is 0.647. The van der Waals surface area contributed by atoms with Gasteiger partial charge in [0.25, 0.3) is 0 Å². The molecule has 6 heteroatoms. The predicted molar refractivity (Wildman–Crippen MR) is 91.5 cm³/mol. The molecule has 0 spiro atoms. The van der Waals surface area contributed by atoms with Crippen LogP contribution in [0.2, 0.25) is 10.0 Å². The molecular formula is C17H19Cl2NO3. The molecule has 0 aromatic heterocycles. The van der Waals surface area contributed by atoms with Crippen molar-refractivity contribution in [2.75, 3.05) is 13.7 Å². The Kier molecular flexibility index (Phi) is 6.48. The maximum absolute atomic E-state index is 12.5. The third-order valence-electron chi connectivity index (χ3n) is 3.93. The van der Waals surface area contributed by atoms with Crippen molar-refractivity contribution in [2.45, 2.75) is 31.7 Å². The van der Waals surface area contributed by atoms with E-state index in [4.69, 9.17) is 27.9 Å². The number of nitrogens with zero attached hydrogens (tertiary/aromatic N) is 1. The molecule has 0 saturated carbocycles. The number of likely N-dealkylation sites (tertiary alicyclic amines) is 1. The summed E-state index contributed by atoms with van der Waals surface area (Å²) in [5.41, 5.74) is 0.689. The highest BCUT2D eigenvalue weighted by Gasteiger charge is 2.27. The van der Waals surface area contributed by atoms with Crippen LogP contribution in [0.4, 0.5) is 0 Å². The number of carbonyl (C=O) groups excluding carboxylic acids is 2. The van der Waals surface area contributed by atoms with Crippen LogP contribution in [0.1, 0.15) is 31.2 Å². The summed E-state index contributed by atoms with van der Waals surface area (Å²) in [6, 6.07) is 5.16. The number of ether oxygens (including phenoxy) is 1. The SMILES string of the molecule is COC(=O)C[C@@H]1CCCCN1C(=O)/C=C\c1cccc(Cl)c1Cl. The number of amides is 1. The first-order valence-corrected chi connectivity index (χ1v) is 8.28. The van der Waals surface area contributed by atoms with E-state index < -0.39 is 0 Å². The minimum Gasteiger partial charge on any atom is -0.469 e. The summed E-state index contributed by atoms with van der Waals surface area (Å²) < 4.78 is 4.71. The molecule has 1 aromatic rings. The van der Waals surface area contributed by atoms with E-state index in [0.29, 0.717) is 22.2 Å². The smallest absolute Gasteiger partial charge is 0.307 e. The molecule has 1 amide bonds. The Labute approximate surface area is 146 Å². The van der Waals surface area contributed by atoms with Crippen molar-refractivity contribution in [2.24, 2.45) is 0 Å². The van der Waals surface area contributed by atoms with Gasteiger partial charge in [-0.2, -0.15) is 0 Å². The maximum Gasteiger partial charge on any atom is 0.307 e. The number of rotatable bonds is 4. The van der Waals surface area contributed by atoms with Gasteiger partial charge in [0.05, 0.1) is 23.6 Å². The van der Waals surface area contributed by atoms with Gasteiger partial charge in [-0.05, 0) is 37.0 Å². The van der Waals surface area contributed by atoms with Gasteiger partial charge in [0.1, 0.15) is 0 Å². The second-order valence-corrected chi connectivity index (χ2v) is 6.22. The Hall–Kier alpha value is -1.52. The number of piperidine rings is 1. The molecule has 1 aromatic carbocycles. The first-order valence-electron chi connectivity index (χ1n) is 7.52. The first-order chi connectivity index (χ1) is 11.0. The van der Waals surface area contributed by atoms with Crippen molar-refractivity contribution in [1.82, 2.24) is 4.90 Å². The van der Waals surface area contributed by atoms with Crippen molar-refractivity contribution in [3.8, 4) is 0 Å². The monoisotopic (exact) mass is 355 g/mol. The molecule has 0 bridgehead atoms. The van der Waals surface area contributed by atoms with Crippen molar-refractivity contribution < 1.29 is 14.3 Å². The van der Waals surface area contributed by atoms with E-state index in [1.165, 1.54) is 13.2 Å². The fourth-order valence-corrected chi connectivity index (χ4v) is 3.06. The van der Waals surface area contributed by atoms with E-state index in [-0.39, 0.29) is 24.3 Å². The third kappa shape index (κ3) is 4.72. The lowest BCUT2D eigenvalue weighted by Gasteiger charge is -2.34. The molecule has 0 aliphatic carbocycles. The van der Waals surface area contributed by atoms with E-state index in [2.05, 4.69) is 0 Å². The number of benzene rings is 1. The first kappa shape index (κ1) is 17.8. The van der Waals surface area contributed by atoms with Crippen LogP contribution in [0.15, 0.2) is 24.3 Å². The molecule has 2 rings (SSSR count). The zero-order valence-corrected chi connectivity index (χ0v) is 14.4. The lowest BCUT2D eigenvalue weighted by atomic mass is 9.99. The van der Waals surface area contributed by atoms with Gasteiger partial charge >= 0.3 is 5.97 Å². The summed E-state index contributed by atoms with van der Waals surface area (Å²) in [7, 11) is 1.36. The molecule has 1 saturated heterocycles. The summed E-state index contributed by atoms with van der Waals surface area (Å²) in [5.74, 6) is -0.425. The fourth-order valence-electron chi connectivity index (χ4n) is 2.68. The van der Waals surface area contributed by atoms with Gasteiger partial charge in [-0.1, -0.05) is 35.3 Å². The minimum atomic E-state index is -0.295. The largest absolute Gasteiger partial charge is 0.469 e. The summed E-state index contributed by atoms with van der Waals surface area (Å²) in [5, 5.41) is 0.866. The molecule has 1 fully saturated rings. The Balaban J connectivity index is 2.09. The molecule has 23 heavy (non-hydrogen) atoms. The minimum absolute atomic E-state index is 0.108. The third-order valence-corrected chi connectivity index (χ3v) is 4.76. The number of hydrogen-bond donors (Lipinski definition) is 0. The molecule has 0 unspecified atom stereocenters. The Morgan fingerprint density at radius 1 is 1.35 bits per heavy atom. The second-order valence-electron chi connectivity index (χ2n) is 5.44. The normalized spacial score (nSPS) is 18.2. The van der Waals surface area contributed by atoms with Gasteiger partial charge in [0.2, 0.25) is 5.91 Å². The van der Waals surface area contributed by atoms with Crippen LogP contribution in [-0.4, -0.2) is 36.5 Å². The summed E-state index contributed by atoms with van der Waals surface area (Å²) >= 11 is 12.1. The van der Waals surface area contributed by atoms with Crippen LogP contribution in [0.25, 0.3) is 6.08 Å². The van der Waals surface area contributed by atoms with Crippen LogP contribution in [0.3, 0.4) is 0 Å². The fraction of sp³-hybridized carbons (Fsp3) is 0.412. The van der Waals surface area contributed by atoms with Gasteiger partial charge in [-0.3, -0.25) is 9.59 Å². The van der Waals surface area contributed by atoms with Gasteiger partial charge < -0.3 is 9.64 Å². The lowest BCUT2D eigenvalue weighted by Crippen LogP contribution is -2.44. The average Bonchev–Trinajstić information content (AvgIpc) is 2.56. The van der Waals surface area contributed by atoms with Gasteiger partial charge in [0.15, 0.2) is 0 Å². The van der Waals surface area contributed by atoms with Crippen molar-refractivity contribution >= 4 is 41.2 Å². The Morgan fingerprint density at radius 2 is 2.13 bits per heavy atom. The van der Waals surface area contributed by atoms with Gasteiger partial charge in [-0.25, -0.2) is 0 Å². The van der Waals surface area contributed by atoms with E-state index in [1.54, 1.807) is 29.2 Å². The molecular weight excluding hydrogens is 337 g/mol. The zero-order chi connectivity index (χ0) is 16.8. The number of hydrogen-bond acceptors (Lipinski definition) is 3. The highest BCUT2D eigenvalue weighted by atomic mass is 35.5. The molecule has 124 valence electrons. The zero-order valence-electron chi connectivity index (χ0n) is 12.9. The summed E-state index contributed by atoms with van der Waals surface area (Å²) in [4.78, 5) is 25.7. The highest BCUT2D eigenvalue weighted by molar-refractivity contribution is 6.42. The molecule has 1 atom stereocenters. The van der Waals surface area contributed by atoms with Crippen LogP contribution < -0.4 is 0 Å². The van der Waals surface area contributed by atoms with Crippen molar-refractivity contribution in [3.05, 3.63) is 39.9 Å². The highest BCUT2D eigenvalue weighted by Crippen LogP contribution is 2.27. The average molecular weight is 356 g/mol. The predicted octanol–water partition coefficient (Wildman–Crippen LogP) is 3.95. The van der Waals surface area contributed by atoms with Crippen LogP contribution >= 0.6 is 23.2 Å². The quantitative estimate of drug-likeness (QED) is 0.606. The van der Waals surface area contributed by atoms with Crippen LogP contribution in [0, 0.1) is 0 Å². The van der Waals surface area contributed by atoms with E-state index >= 15 is 0 Å². The van der Waals surface area contributed by atoms with E-state index in [0.717, 1.165) is 19.3 Å². The number of methoxy groups -OCH3 is 1. The molecule has 1 aliphatic rings. The Bertz CT molecular complexity index is 616. The number of esters is 1. The lowest BCUT2D eigenvalue weighted by molar-refractivity contribution is -0.143. The molecule has 1 heterocycles. The van der Waals surface area contributed by atoms with Crippen molar-refractivity contribution in [1.29, 1.82) is 0 Å². The second kappa shape index (κ2) is 8.37. The van der Waals surface area contributed by atoms with Crippen LogP contribution in [0.5, 0.6) is 0 Å². The number of halogens is 2.